The van der Waals surface area contributed by atoms with Crippen molar-refractivity contribution in [3.63, 3.8) is 0 Å². The van der Waals surface area contributed by atoms with Crippen LogP contribution in [0.15, 0.2) is 24.3 Å². The zero-order chi connectivity index (χ0) is 31.1. The van der Waals surface area contributed by atoms with E-state index in [1.165, 1.54) is 36.0 Å². The van der Waals surface area contributed by atoms with Gasteiger partial charge in [0.2, 0.25) is 23.6 Å². The highest BCUT2D eigenvalue weighted by Gasteiger charge is 2.32. The highest BCUT2D eigenvalue weighted by Crippen LogP contribution is 2.12. The molecule has 1 rings (SSSR count). The maximum Gasteiger partial charge on any atom is 0.328 e. The van der Waals surface area contributed by atoms with Crippen molar-refractivity contribution in [1.82, 2.24) is 21.3 Å². The number of hydrogen-bond acceptors (Lipinski definition) is 11. The molecule has 0 heterocycles. The number of carbonyl (C=O) groups excluding carboxylic acids is 4. The van der Waals surface area contributed by atoms with Crippen LogP contribution in [0.2, 0.25) is 0 Å². The van der Waals surface area contributed by atoms with Crippen LogP contribution in [0, 0.1) is 0 Å². The van der Waals surface area contributed by atoms with Gasteiger partial charge in [-0.3, -0.25) is 24.0 Å². The topological polar surface area (TPSA) is 278 Å². The van der Waals surface area contributed by atoms with Crippen molar-refractivity contribution in [3.05, 3.63) is 29.8 Å². The summed E-state index contributed by atoms with van der Waals surface area (Å²) in [5.74, 6) is -6.67. The maximum absolute atomic E-state index is 13.2. The number of phenolic OH excluding ortho intramolecular Hbond substituents is 1. The molecular weight excluding hydrogens is 566 g/mol. The molecule has 0 saturated heterocycles. The lowest BCUT2D eigenvalue weighted by molar-refractivity contribution is -0.144. The van der Waals surface area contributed by atoms with Crippen molar-refractivity contribution in [2.45, 2.75) is 49.5 Å². The number of aliphatic hydroxyl groups is 2. The van der Waals surface area contributed by atoms with Gasteiger partial charge in [-0.25, -0.2) is 4.79 Å². The van der Waals surface area contributed by atoms with Crippen LogP contribution in [0.1, 0.15) is 18.4 Å². The van der Waals surface area contributed by atoms with Crippen LogP contribution in [0.3, 0.4) is 0 Å². The van der Waals surface area contributed by atoms with E-state index in [1.54, 1.807) is 6.26 Å². The first-order valence-corrected chi connectivity index (χ1v) is 13.6. The molecule has 0 unspecified atom stereocenters. The normalized spacial score (nSPS) is 14.4. The van der Waals surface area contributed by atoms with Gasteiger partial charge in [-0.1, -0.05) is 12.1 Å². The van der Waals surface area contributed by atoms with E-state index >= 15 is 0 Å². The Morgan fingerprint density at radius 2 is 1.29 bits per heavy atom. The smallest absolute Gasteiger partial charge is 0.328 e. The summed E-state index contributed by atoms with van der Waals surface area (Å²) in [6, 6.07) is -1.93. The molecule has 17 heteroatoms. The second-order valence-corrected chi connectivity index (χ2v) is 9.79. The van der Waals surface area contributed by atoms with Gasteiger partial charge in [0.15, 0.2) is 0 Å². The standard InChI is InChI=1S/C24H35N5O11S/c1-41-7-6-15(21(36)29-18(11-31)24(39)40)26-23(38)17(9-19(33)34)28-22(37)16(27-20(35)14(25)10-30)8-12-2-4-13(32)5-3-12/h2-5,14-18,30-32H,6-11,25H2,1H3,(H,26,38)(H,27,35)(H,28,37)(H,29,36)(H,33,34)(H,39,40)/t14-,15-,16-,17-,18-/m0/s1. The first kappa shape index (κ1) is 35.1. The van der Waals surface area contributed by atoms with E-state index in [0.717, 1.165) is 0 Å². The van der Waals surface area contributed by atoms with Crippen LogP contribution in [-0.2, 0) is 35.2 Å². The van der Waals surface area contributed by atoms with E-state index in [-0.39, 0.29) is 18.6 Å². The van der Waals surface area contributed by atoms with Crippen LogP contribution in [0.5, 0.6) is 5.75 Å². The minimum atomic E-state index is -1.73. The van der Waals surface area contributed by atoms with E-state index < -0.39 is 85.4 Å². The molecule has 4 amide bonds. The molecule has 0 aliphatic heterocycles. The van der Waals surface area contributed by atoms with E-state index in [0.29, 0.717) is 11.3 Å². The first-order valence-electron chi connectivity index (χ1n) is 12.2. The average Bonchev–Trinajstić information content (AvgIpc) is 2.92. The Balaban J connectivity index is 3.19. The molecule has 41 heavy (non-hydrogen) atoms. The monoisotopic (exact) mass is 601 g/mol. The number of aliphatic carboxylic acids is 2. The number of thioether (sulfide) groups is 1. The summed E-state index contributed by atoms with van der Waals surface area (Å²) in [5.41, 5.74) is 5.98. The van der Waals surface area contributed by atoms with Crippen molar-refractivity contribution < 1.29 is 54.3 Å². The molecule has 16 nitrogen and oxygen atoms in total. The van der Waals surface area contributed by atoms with Crippen LogP contribution in [0.4, 0.5) is 0 Å². The second-order valence-electron chi connectivity index (χ2n) is 8.80. The summed E-state index contributed by atoms with van der Waals surface area (Å²) in [4.78, 5) is 73.9. The largest absolute Gasteiger partial charge is 0.508 e. The Kier molecular flexibility index (Phi) is 15.1. The number of carbonyl (C=O) groups is 6. The van der Waals surface area contributed by atoms with Crippen molar-refractivity contribution in [1.29, 1.82) is 0 Å². The Morgan fingerprint density at radius 1 is 0.780 bits per heavy atom. The number of phenols is 1. The summed E-state index contributed by atoms with van der Waals surface area (Å²) in [6.07, 6.45) is 0.624. The van der Waals surface area contributed by atoms with Gasteiger partial charge in [-0.15, -0.1) is 0 Å². The van der Waals surface area contributed by atoms with Crippen molar-refractivity contribution in [2.75, 3.05) is 25.2 Å². The third kappa shape index (κ3) is 12.4. The molecule has 228 valence electrons. The van der Waals surface area contributed by atoms with Gasteiger partial charge in [0.25, 0.3) is 0 Å². The zero-order valence-electron chi connectivity index (χ0n) is 22.1. The Bertz CT molecular complexity index is 1070. The van der Waals surface area contributed by atoms with Gasteiger partial charge >= 0.3 is 11.9 Å². The average molecular weight is 602 g/mol. The minimum Gasteiger partial charge on any atom is -0.508 e. The summed E-state index contributed by atoms with van der Waals surface area (Å²) in [5, 5.41) is 55.3. The second kappa shape index (κ2) is 17.7. The van der Waals surface area contributed by atoms with Gasteiger partial charge in [0.1, 0.15) is 36.0 Å². The summed E-state index contributed by atoms with van der Waals surface area (Å²) >= 11 is 1.31. The fourth-order valence-electron chi connectivity index (χ4n) is 3.33. The first-order chi connectivity index (χ1) is 19.3. The highest BCUT2D eigenvalue weighted by molar-refractivity contribution is 7.98. The molecule has 0 aromatic heterocycles. The number of amides is 4. The number of aromatic hydroxyl groups is 1. The third-order valence-electron chi connectivity index (χ3n) is 5.60. The number of hydrogen-bond donors (Lipinski definition) is 10. The zero-order valence-corrected chi connectivity index (χ0v) is 22.9. The van der Waals surface area contributed by atoms with Gasteiger partial charge in [0, 0.05) is 6.42 Å². The highest BCUT2D eigenvalue weighted by atomic mass is 32.2. The molecule has 5 atom stereocenters. The lowest BCUT2D eigenvalue weighted by atomic mass is 10.0. The van der Waals surface area contributed by atoms with Gasteiger partial charge in [-0.2, -0.15) is 11.8 Å². The number of carboxylic acids is 2. The molecule has 0 fully saturated rings. The molecule has 0 aliphatic rings. The fraction of sp³-hybridized carbons (Fsp3) is 0.500. The lowest BCUT2D eigenvalue weighted by Crippen LogP contribution is -2.59. The number of carboxylic acid groups (broad SMARTS) is 2. The van der Waals surface area contributed by atoms with Crippen molar-refractivity contribution in [2.24, 2.45) is 5.73 Å². The molecule has 0 saturated carbocycles. The van der Waals surface area contributed by atoms with Gasteiger partial charge in [0.05, 0.1) is 19.6 Å². The number of benzene rings is 1. The Hall–Kier alpha value is -3.93. The molecule has 0 spiro atoms. The van der Waals surface area contributed by atoms with E-state index in [1.807, 2.05) is 0 Å². The molecule has 1 aromatic rings. The maximum atomic E-state index is 13.2. The summed E-state index contributed by atoms with van der Waals surface area (Å²) in [6.45, 7) is -1.65. The molecular formula is C24H35N5O11S. The summed E-state index contributed by atoms with van der Waals surface area (Å²) in [7, 11) is 0. The lowest BCUT2D eigenvalue weighted by Gasteiger charge is -2.25. The predicted molar refractivity (Wildman–Crippen MR) is 145 cm³/mol. The Labute approximate surface area is 239 Å². The van der Waals surface area contributed by atoms with Gasteiger partial charge in [-0.05, 0) is 36.1 Å². The van der Waals surface area contributed by atoms with E-state index in [4.69, 9.17) is 10.8 Å². The van der Waals surface area contributed by atoms with Crippen LogP contribution in [0.25, 0.3) is 0 Å². The number of nitrogens with two attached hydrogens (primary N) is 1. The number of rotatable bonds is 18. The molecule has 0 radical (unpaired) electrons. The molecule has 11 N–H and O–H groups in total. The summed E-state index contributed by atoms with van der Waals surface area (Å²) < 4.78 is 0. The Morgan fingerprint density at radius 3 is 1.80 bits per heavy atom. The molecule has 0 bridgehead atoms. The van der Waals surface area contributed by atoms with E-state index in [2.05, 4.69) is 21.3 Å². The predicted octanol–water partition coefficient (Wildman–Crippen LogP) is -3.50. The minimum absolute atomic E-state index is 0.00281. The molecule has 0 aliphatic carbocycles. The number of nitrogens with one attached hydrogen (secondary N) is 4. The number of aliphatic hydroxyl groups excluding tert-OH is 2. The van der Waals surface area contributed by atoms with Gasteiger partial charge < -0.3 is 52.5 Å². The quantitative estimate of drug-likeness (QED) is 0.0783. The SMILES string of the molecule is CSCC[C@H](NC(=O)[C@H](CC(=O)O)NC(=O)[C@H](Cc1ccc(O)cc1)NC(=O)[C@@H](N)CO)C(=O)N[C@@H](CO)C(=O)O. The van der Waals surface area contributed by atoms with E-state index in [9.17, 15) is 49.2 Å². The van der Waals surface area contributed by atoms with Crippen LogP contribution in [-0.4, -0.2) is 117 Å². The van der Waals surface area contributed by atoms with Crippen LogP contribution >= 0.6 is 11.8 Å². The fourth-order valence-corrected chi connectivity index (χ4v) is 3.80. The van der Waals surface area contributed by atoms with Crippen LogP contribution < -0.4 is 27.0 Å². The molecule has 1 aromatic carbocycles. The van der Waals surface area contributed by atoms with Crippen molar-refractivity contribution >= 4 is 47.3 Å². The third-order valence-corrected chi connectivity index (χ3v) is 6.24. The van der Waals surface area contributed by atoms with Crippen molar-refractivity contribution in [3.8, 4) is 5.75 Å².